The van der Waals surface area contributed by atoms with Crippen molar-refractivity contribution in [3.05, 3.63) is 42.2 Å². The molecule has 0 spiro atoms. The lowest BCUT2D eigenvalue weighted by molar-refractivity contribution is -0.135. The van der Waals surface area contributed by atoms with Crippen LogP contribution in [0.3, 0.4) is 0 Å². The first kappa shape index (κ1) is 15.0. The SMILES string of the molecule is O=C(NC1CC1)C1CCCN1C(=O)C=Cc1cc2ccccc2o1. The molecular formula is C19H20N2O3. The van der Waals surface area contributed by atoms with Crippen LogP contribution in [0.1, 0.15) is 31.4 Å². The van der Waals surface area contributed by atoms with Crippen LogP contribution in [-0.2, 0) is 9.59 Å². The Hall–Kier alpha value is -2.56. The second-order valence-corrected chi connectivity index (χ2v) is 6.49. The van der Waals surface area contributed by atoms with Crippen LogP contribution in [-0.4, -0.2) is 35.3 Å². The zero-order valence-corrected chi connectivity index (χ0v) is 13.4. The molecule has 1 aliphatic heterocycles. The van der Waals surface area contributed by atoms with E-state index in [0.29, 0.717) is 18.3 Å². The van der Waals surface area contributed by atoms with Gasteiger partial charge in [0.05, 0.1) is 0 Å². The lowest BCUT2D eigenvalue weighted by Gasteiger charge is -2.22. The van der Waals surface area contributed by atoms with Crippen LogP contribution < -0.4 is 5.32 Å². The number of carbonyl (C=O) groups excluding carboxylic acids is 2. The van der Waals surface area contributed by atoms with E-state index in [-0.39, 0.29) is 17.9 Å². The quantitative estimate of drug-likeness (QED) is 0.880. The Morgan fingerprint density at radius 3 is 2.83 bits per heavy atom. The van der Waals surface area contributed by atoms with Crippen molar-refractivity contribution in [3.63, 3.8) is 0 Å². The maximum atomic E-state index is 12.5. The number of carbonyl (C=O) groups is 2. The van der Waals surface area contributed by atoms with Crippen molar-refractivity contribution in [2.45, 2.75) is 37.8 Å². The summed E-state index contributed by atoms with van der Waals surface area (Å²) in [5.74, 6) is 0.493. The maximum absolute atomic E-state index is 12.5. The van der Waals surface area contributed by atoms with Crippen molar-refractivity contribution in [2.75, 3.05) is 6.54 Å². The summed E-state index contributed by atoms with van der Waals surface area (Å²) in [5, 5.41) is 4.00. The summed E-state index contributed by atoms with van der Waals surface area (Å²) in [6.07, 6.45) is 6.89. The van der Waals surface area contributed by atoms with Crippen LogP contribution >= 0.6 is 0 Å². The van der Waals surface area contributed by atoms with Gasteiger partial charge in [-0.05, 0) is 43.9 Å². The van der Waals surface area contributed by atoms with Crippen LogP contribution in [0.5, 0.6) is 0 Å². The molecule has 1 saturated carbocycles. The van der Waals surface area contributed by atoms with E-state index >= 15 is 0 Å². The first-order valence-electron chi connectivity index (χ1n) is 8.48. The number of benzene rings is 1. The molecule has 1 aromatic heterocycles. The molecule has 5 heteroatoms. The molecule has 2 fully saturated rings. The topological polar surface area (TPSA) is 62.6 Å². The Labute approximate surface area is 140 Å². The molecule has 4 rings (SSSR count). The van der Waals surface area contributed by atoms with Crippen LogP contribution in [0.4, 0.5) is 0 Å². The molecule has 0 bridgehead atoms. The highest BCUT2D eigenvalue weighted by Crippen LogP contribution is 2.23. The Balaban J connectivity index is 1.44. The van der Waals surface area contributed by atoms with Crippen molar-refractivity contribution in [3.8, 4) is 0 Å². The van der Waals surface area contributed by atoms with Crippen LogP contribution in [0, 0.1) is 0 Å². The average molecular weight is 324 g/mol. The predicted molar refractivity (Wildman–Crippen MR) is 91.1 cm³/mol. The van der Waals surface area contributed by atoms with E-state index in [0.717, 1.165) is 36.7 Å². The Morgan fingerprint density at radius 1 is 1.21 bits per heavy atom. The highest BCUT2D eigenvalue weighted by molar-refractivity contribution is 5.96. The van der Waals surface area contributed by atoms with Gasteiger partial charge >= 0.3 is 0 Å². The minimum absolute atomic E-state index is 0.0134. The number of fused-ring (bicyclic) bond motifs is 1. The van der Waals surface area contributed by atoms with Crippen molar-refractivity contribution in [1.29, 1.82) is 0 Å². The summed E-state index contributed by atoms with van der Waals surface area (Å²) >= 11 is 0. The minimum atomic E-state index is -0.335. The number of nitrogens with one attached hydrogen (secondary N) is 1. The molecule has 2 heterocycles. The number of hydrogen-bond donors (Lipinski definition) is 1. The minimum Gasteiger partial charge on any atom is -0.457 e. The molecule has 0 radical (unpaired) electrons. The highest BCUT2D eigenvalue weighted by atomic mass is 16.3. The van der Waals surface area contributed by atoms with Gasteiger partial charge in [0.25, 0.3) is 0 Å². The standard InChI is InChI=1S/C19H20N2O3/c22-18(10-9-15-12-13-4-1-2-6-17(13)24-15)21-11-3-5-16(21)19(23)20-14-7-8-14/h1-2,4,6,9-10,12,14,16H,3,5,7-8,11H2,(H,20,23). The fraction of sp³-hybridized carbons (Fsp3) is 0.368. The molecular weight excluding hydrogens is 304 g/mol. The van der Waals surface area contributed by atoms with Crippen LogP contribution in [0.2, 0.25) is 0 Å². The lowest BCUT2D eigenvalue weighted by atomic mass is 10.2. The number of rotatable bonds is 4. The van der Waals surface area contributed by atoms with Gasteiger partial charge in [0.2, 0.25) is 11.8 Å². The van der Waals surface area contributed by atoms with Gasteiger partial charge in [-0.25, -0.2) is 0 Å². The van der Waals surface area contributed by atoms with E-state index in [2.05, 4.69) is 5.32 Å². The van der Waals surface area contributed by atoms with Gasteiger partial charge in [-0.2, -0.15) is 0 Å². The van der Waals surface area contributed by atoms with Gasteiger partial charge in [0.1, 0.15) is 17.4 Å². The molecule has 1 atom stereocenters. The predicted octanol–water partition coefficient (Wildman–Crippen LogP) is 2.72. The van der Waals surface area contributed by atoms with Crippen molar-refractivity contribution < 1.29 is 14.0 Å². The number of furan rings is 1. The van der Waals surface area contributed by atoms with E-state index in [4.69, 9.17) is 4.42 Å². The van der Waals surface area contributed by atoms with E-state index in [1.165, 1.54) is 6.08 Å². The second kappa shape index (κ2) is 6.15. The lowest BCUT2D eigenvalue weighted by Crippen LogP contribution is -2.46. The monoisotopic (exact) mass is 324 g/mol. The Bertz CT molecular complexity index is 771. The van der Waals surface area contributed by atoms with Crippen molar-refractivity contribution in [1.82, 2.24) is 10.2 Å². The first-order chi connectivity index (χ1) is 11.7. The molecule has 2 aromatic rings. The molecule has 124 valence electrons. The summed E-state index contributed by atoms with van der Waals surface area (Å²) in [6.45, 7) is 0.631. The summed E-state index contributed by atoms with van der Waals surface area (Å²) in [7, 11) is 0. The maximum Gasteiger partial charge on any atom is 0.247 e. The third kappa shape index (κ3) is 3.07. The molecule has 2 amide bonds. The number of likely N-dealkylation sites (tertiary alicyclic amines) is 1. The largest absolute Gasteiger partial charge is 0.457 e. The van der Waals surface area contributed by atoms with Gasteiger partial charge in [-0.3, -0.25) is 9.59 Å². The first-order valence-corrected chi connectivity index (χ1v) is 8.48. The van der Waals surface area contributed by atoms with Crippen LogP contribution in [0.25, 0.3) is 17.0 Å². The molecule has 2 aliphatic rings. The third-order valence-corrected chi connectivity index (χ3v) is 4.60. The number of para-hydroxylation sites is 1. The molecule has 1 aliphatic carbocycles. The molecule has 1 N–H and O–H groups in total. The Morgan fingerprint density at radius 2 is 2.04 bits per heavy atom. The van der Waals surface area contributed by atoms with Gasteiger partial charge < -0.3 is 14.6 Å². The third-order valence-electron chi connectivity index (χ3n) is 4.60. The summed E-state index contributed by atoms with van der Waals surface area (Å²) < 4.78 is 5.68. The van der Waals surface area contributed by atoms with Crippen molar-refractivity contribution >= 4 is 28.9 Å². The zero-order valence-electron chi connectivity index (χ0n) is 13.4. The molecule has 1 aromatic carbocycles. The number of hydrogen-bond acceptors (Lipinski definition) is 3. The fourth-order valence-corrected chi connectivity index (χ4v) is 3.16. The number of nitrogens with zero attached hydrogens (tertiary/aromatic N) is 1. The summed E-state index contributed by atoms with van der Waals surface area (Å²) in [4.78, 5) is 26.4. The van der Waals surface area contributed by atoms with E-state index in [1.54, 1.807) is 11.0 Å². The smallest absolute Gasteiger partial charge is 0.247 e. The van der Waals surface area contributed by atoms with Gasteiger partial charge in [0.15, 0.2) is 0 Å². The zero-order chi connectivity index (χ0) is 16.5. The number of amides is 2. The average Bonchev–Trinajstić information content (AvgIpc) is 3.12. The fourth-order valence-electron chi connectivity index (χ4n) is 3.16. The van der Waals surface area contributed by atoms with Crippen molar-refractivity contribution in [2.24, 2.45) is 0 Å². The highest BCUT2D eigenvalue weighted by Gasteiger charge is 2.35. The van der Waals surface area contributed by atoms with E-state index in [9.17, 15) is 9.59 Å². The second-order valence-electron chi connectivity index (χ2n) is 6.49. The van der Waals surface area contributed by atoms with E-state index in [1.807, 2.05) is 30.3 Å². The molecule has 5 nitrogen and oxygen atoms in total. The Kier molecular flexibility index (Phi) is 3.84. The normalized spacial score (nSPS) is 20.8. The van der Waals surface area contributed by atoms with Gasteiger partial charge in [0, 0.05) is 24.0 Å². The summed E-state index contributed by atoms with van der Waals surface area (Å²) in [6, 6.07) is 9.62. The molecule has 1 saturated heterocycles. The van der Waals surface area contributed by atoms with Gasteiger partial charge in [-0.1, -0.05) is 18.2 Å². The molecule has 24 heavy (non-hydrogen) atoms. The van der Waals surface area contributed by atoms with E-state index < -0.39 is 0 Å². The molecule has 1 unspecified atom stereocenters. The van der Waals surface area contributed by atoms with Crippen LogP contribution in [0.15, 0.2) is 40.8 Å². The van der Waals surface area contributed by atoms with Gasteiger partial charge in [-0.15, -0.1) is 0 Å². The summed E-state index contributed by atoms with van der Waals surface area (Å²) in [5.41, 5.74) is 0.799.